The van der Waals surface area contributed by atoms with Gasteiger partial charge in [0.15, 0.2) is 23.9 Å². The molecule has 0 unspecified atom stereocenters. The van der Waals surface area contributed by atoms with E-state index in [1.165, 1.54) is 18.3 Å². The first kappa shape index (κ1) is 22.6. The molecule has 9 heteroatoms. The molecular weight excluding hydrogens is 444 g/mol. The van der Waals surface area contributed by atoms with E-state index in [2.05, 4.69) is 4.98 Å². The smallest absolute Gasteiger partial charge is 0.355 e. The van der Waals surface area contributed by atoms with Crippen LogP contribution in [0.1, 0.15) is 43.9 Å². The molecule has 1 aliphatic heterocycles. The SMILES string of the molecule is CC(=O)c1c(C)[nH]c(C(=O)OCC(=O)N(Cc2cccs2)c2ccc3c(c2)OCCO3)c1C. The topological polar surface area (TPSA) is 97.9 Å². The van der Waals surface area contributed by atoms with Crippen molar-refractivity contribution in [2.24, 2.45) is 0 Å². The van der Waals surface area contributed by atoms with E-state index in [0.29, 0.717) is 53.8 Å². The number of rotatable bonds is 7. The minimum atomic E-state index is -0.685. The minimum absolute atomic E-state index is 0.142. The second-order valence-corrected chi connectivity index (χ2v) is 8.68. The number of esters is 1. The summed E-state index contributed by atoms with van der Waals surface area (Å²) >= 11 is 1.53. The predicted molar refractivity (Wildman–Crippen MR) is 123 cm³/mol. The van der Waals surface area contributed by atoms with Crippen LogP contribution in [0.2, 0.25) is 0 Å². The molecule has 4 rings (SSSR count). The Labute approximate surface area is 195 Å². The molecule has 1 aliphatic rings. The highest BCUT2D eigenvalue weighted by Crippen LogP contribution is 2.34. The number of ether oxygens (including phenoxy) is 3. The van der Waals surface area contributed by atoms with Crippen LogP contribution < -0.4 is 14.4 Å². The summed E-state index contributed by atoms with van der Waals surface area (Å²) in [4.78, 5) is 43.1. The summed E-state index contributed by atoms with van der Waals surface area (Å²) in [6.07, 6.45) is 0. The molecule has 33 heavy (non-hydrogen) atoms. The molecule has 0 saturated carbocycles. The number of amides is 1. The van der Waals surface area contributed by atoms with Gasteiger partial charge in [0, 0.05) is 27.9 Å². The number of aromatic amines is 1. The van der Waals surface area contributed by atoms with Gasteiger partial charge in [-0.15, -0.1) is 11.3 Å². The second-order valence-electron chi connectivity index (χ2n) is 7.64. The molecule has 0 radical (unpaired) electrons. The molecule has 0 bridgehead atoms. The summed E-state index contributed by atoms with van der Waals surface area (Å²) in [6, 6.07) is 9.13. The molecule has 3 aromatic rings. The highest BCUT2D eigenvalue weighted by atomic mass is 32.1. The van der Waals surface area contributed by atoms with E-state index >= 15 is 0 Å². The van der Waals surface area contributed by atoms with E-state index in [0.717, 1.165) is 4.88 Å². The first-order valence-electron chi connectivity index (χ1n) is 10.4. The quantitative estimate of drug-likeness (QED) is 0.415. The molecule has 1 aromatic carbocycles. The first-order valence-corrected chi connectivity index (χ1v) is 11.3. The third-order valence-corrected chi connectivity index (χ3v) is 6.21. The monoisotopic (exact) mass is 468 g/mol. The fourth-order valence-corrected chi connectivity index (χ4v) is 4.53. The number of hydrogen-bond donors (Lipinski definition) is 1. The number of thiophene rings is 1. The maximum Gasteiger partial charge on any atom is 0.355 e. The summed E-state index contributed by atoms with van der Waals surface area (Å²) in [6.45, 7) is 5.62. The van der Waals surface area contributed by atoms with Crippen molar-refractivity contribution in [3.63, 3.8) is 0 Å². The van der Waals surface area contributed by atoms with Gasteiger partial charge in [0.25, 0.3) is 5.91 Å². The Morgan fingerprint density at radius 3 is 2.55 bits per heavy atom. The number of H-pyrrole nitrogens is 1. The number of ketones is 1. The Kier molecular flexibility index (Phi) is 6.50. The normalized spacial score (nSPS) is 12.3. The van der Waals surface area contributed by atoms with Gasteiger partial charge in [-0.1, -0.05) is 6.07 Å². The number of Topliss-reactive ketones (excluding diaryl/α,β-unsaturated/α-hetero) is 1. The van der Waals surface area contributed by atoms with Crippen molar-refractivity contribution in [1.82, 2.24) is 4.98 Å². The van der Waals surface area contributed by atoms with Gasteiger partial charge in [0.2, 0.25) is 0 Å². The van der Waals surface area contributed by atoms with E-state index in [1.807, 2.05) is 17.5 Å². The molecule has 2 aromatic heterocycles. The fraction of sp³-hybridized carbons (Fsp3) is 0.292. The number of carbonyl (C=O) groups is 3. The first-order chi connectivity index (χ1) is 15.8. The van der Waals surface area contributed by atoms with Crippen molar-refractivity contribution in [2.45, 2.75) is 27.3 Å². The number of hydrogen-bond acceptors (Lipinski definition) is 7. The Hall–Kier alpha value is -3.59. The van der Waals surface area contributed by atoms with Crippen LogP contribution in [0.5, 0.6) is 11.5 Å². The number of nitrogens with zero attached hydrogens (tertiary/aromatic N) is 1. The Morgan fingerprint density at radius 2 is 1.88 bits per heavy atom. The van der Waals surface area contributed by atoms with Gasteiger partial charge in [-0.2, -0.15) is 0 Å². The summed E-state index contributed by atoms with van der Waals surface area (Å²) in [5.41, 5.74) is 2.35. The number of aromatic nitrogens is 1. The van der Waals surface area contributed by atoms with Crippen LogP contribution in [0.4, 0.5) is 5.69 Å². The summed E-state index contributed by atoms with van der Waals surface area (Å²) in [5, 5.41) is 1.94. The summed E-state index contributed by atoms with van der Waals surface area (Å²) in [7, 11) is 0. The van der Waals surface area contributed by atoms with Crippen molar-refractivity contribution < 1.29 is 28.6 Å². The number of carbonyl (C=O) groups excluding carboxylic acids is 3. The van der Waals surface area contributed by atoms with Gasteiger partial charge in [-0.25, -0.2) is 4.79 Å². The van der Waals surface area contributed by atoms with Gasteiger partial charge in [0.1, 0.15) is 18.9 Å². The lowest BCUT2D eigenvalue weighted by atomic mass is 10.1. The third-order valence-electron chi connectivity index (χ3n) is 5.35. The second kappa shape index (κ2) is 9.50. The molecule has 8 nitrogen and oxygen atoms in total. The molecule has 172 valence electrons. The number of nitrogens with one attached hydrogen (secondary N) is 1. The standard InChI is InChI=1S/C24H24N2O6S/c1-14-22(16(3)27)15(2)25-23(14)24(29)32-13-21(28)26(12-18-5-4-10-33-18)17-6-7-19-20(11-17)31-9-8-30-19/h4-7,10-11,25H,8-9,12-13H2,1-3H3. The van der Waals surface area contributed by atoms with Crippen molar-refractivity contribution in [2.75, 3.05) is 24.7 Å². The summed E-state index contributed by atoms with van der Waals surface area (Å²) in [5.74, 6) is -0.0271. The van der Waals surface area contributed by atoms with Gasteiger partial charge in [-0.05, 0) is 49.9 Å². The summed E-state index contributed by atoms with van der Waals surface area (Å²) < 4.78 is 16.6. The lowest BCUT2D eigenvalue weighted by Gasteiger charge is -2.25. The minimum Gasteiger partial charge on any atom is -0.486 e. The van der Waals surface area contributed by atoms with Crippen LogP contribution in [0.3, 0.4) is 0 Å². The maximum absolute atomic E-state index is 13.2. The molecule has 0 aliphatic carbocycles. The lowest BCUT2D eigenvalue weighted by Crippen LogP contribution is -2.34. The largest absolute Gasteiger partial charge is 0.486 e. The Bertz CT molecular complexity index is 1200. The molecule has 0 atom stereocenters. The number of fused-ring (bicyclic) bond motifs is 1. The van der Waals surface area contributed by atoms with Crippen molar-refractivity contribution in [3.05, 3.63) is 63.1 Å². The van der Waals surface area contributed by atoms with E-state index in [4.69, 9.17) is 14.2 Å². The van der Waals surface area contributed by atoms with Gasteiger partial charge < -0.3 is 24.1 Å². The van der Waals surface area contributed by atoms with Crippen LogP contribution in [0.15, 0.2) is 35.7 Å². The molecule has 3 heterocycles. The average molecular weight is 469 g/mol. The predicted octanol–water partition coefficient (Wildman–Crippen LogP) is 4.06. The molecule has 0 spiro atoms. The van der Waals surface area contributed by atoms with Crippen LogP contribution in [-0.2, 0) is 16.1 Å². The molecular formula is C24H24N2O6S. The Balaban J connectivity index is 1.53. The maximum atomic E-state index is 13.2. The highest BCUT2D eigenvalue weighted by Gasteiger charge is 2.24. The van der Waals surface area contributed by atoms with Gasteiger partial charge in [-0.3, -0.25) is 9.59 Å². The van der Waals surface area contributed by atoms with Gasteiger partial charge >= 0.3 is 5.97 Å². The van der Waals surface area contributed by atoms with E-state index < -0.39 is 12.6 Å². The van der Waals surface area contributed by atoms with E-state index in [9.17, 15) is 14.4 Å². The van der Waals surface area contributed by atoms with Crippen molar-refractivity contribution in [3.8, 4) is 11.5 Å². The Morgan fingerprint density at radius 1 is 1.12 bits per heavy atom. The van der Waals surface area contributed by atoms with E-state index in [1.54, 1.807) is 36.9 Å². The van der Waals surface area contributed by atoms with Crippen molar-refractivity contribution >= 4 is 34.7 Å². The number of anilines is 1. The van der Waals surface area contributed by atoms with Crippen LogP contribution >= 0.6 is 11.3 Å². The zero-order chi connectivity index (χ0) is 23.5. The molecule has 1 N–H and O–H groups in total. The highest BCUT2D eigenvalue weighted by molar-refractivity contribution is 7.09. The van der Waals surface area contributed by atoms with Crippen LogP contribution in [0.25, 0.3) is 0 Å². The van der Waals surface area contributed by atoms with Crippen LogP contribution in [0, 0.1) is 13.8 Å². The van der Waals surface area contributed by atoms with Gasteiger partial charge in [0.05, 0.1) is 6.54 Å². The molecule has 1 amide bonds. The lowest BCUT2D eigenvalue weighted by molar-refractivity contribution is -0.121. The number of benzene rings is 1. The zero-order valence-electron chi connectivity index (χ0n) is 18.6. The zero-order valence-corrected chi connectivity index (χ0v) is 19.4. The van der Waals surface area contributed by atoms with Crippen molar-refractivity contribution in [1.29, 1.82) is 0 Å². The average Bonchev–Trinajstić information content (AvgIpc) is 3.42. The van der Waals surface area contributed by atoms with Crippen LogP contribution in [-0.4, -0.2) is 42.5 Å². The van der Waals surface area contributed by atoms with E-state index in [-0.39, 0.29) is 17.4 Å². The molecule has 0 saturated heterocycles. The third kappa shape index (κ3) is 4.78. The number of aryl methyl sites for hydroxylation is 1. The fourth-order valence-electron chi connectivity index (χ4n) is 3.84. The molecule has 0 fully saturated rings.